The highest BCUT2D eigenvalue weighted by molar-refractivity contribution is 7.99. The van der Waals surface area contributed by atoms with Gasteiger partial charge in [-0.3, -0.25) is 4.79 Å². The molecule has 0 unspecified atom stereocenters. The van der Waals surface area contributed by atoms with Crippen molar-refractivity contribution in [2.45, 2.75) is 51.7 Å². The quantitative estimate of drug-likeness (QED) is 0.440. The molecule has 160 valence electrons. The highest BCUT2D eigenvalue weighted by Gasteiger charge is 2.20. The Morgan fingerprint density at radius 3 is 2.70 bits per heavy atom. The third-order valence-corrected chi connectivity index (χ3v) is 6.90. The van der Waals surface area contributed by atoms with Crippen molar-refractivity contribution in [3.63, 3.8) is 0 Å². The van der Waals surface area contributed by atoms with Crippen molar-refractivity contribution in [3.05, 3.63) is 21.8 Å². The summed E-state index contributed by atoms with van der Waals surface area (Å²) in [4.78, 5) is 29.4. The van der Waals surface area contributed by atoms with Crippen LogP contribution < -0.4 is 10.2 Å². The van der Waals surface area contributed by atoms with Crippen molar-refractivity contribution in [1.29, 1.82) is 0 Å². The molecular weight excluding hydrogens is 418 g/mol. The lowest BCUT2D eigenvalue weighted by molar-refractivity contribution is 0.0955. The van der Waals surface area contributed by atoms with E-state index in [-0.39, 0.29) is 5.91 Å². The molecule has 4 heterocycles. The van der Waals surface area contributed by atoms with Gasteiger partial charge in [-0.1, -0.05) is 18.7 Å². The van der Waals surface area contributed by atoms with Gasteiger partial charge in [0.15, 0.2) is 10.8 Å². The summed E-state index contributed by atoms with van der Waals surface area (Å²) in [7, 11) is 0. The normalized spacial score (nSPS) is 14.4. The predicted molar refractivity (Wildman–Crippen MR) is 122 cm³/mol. The third-order valence-electron chi connectivity index (χ3n) is 5.10. The van der Waals surface area contributed by atoms with Crippen LogP contribution in [0.4, 0.5) is 5.82 Å². The SMILES string of the molecule is CCSc1nc(N2CCCCC2)c2cnn(CCNC(=O)c3sc(C)nc3C)c2n1. The van der Waals surface area contributed by atoms with Crippen LogP contribution in [0.15, 0.2) is 11.4 Å². The number of aryl methyl sites for hydroxylation is 2. The molecule has 1 amide bonds. The number of nitrogens with zero attached hydrogens (tertiary/aromatic N) is 6. The first-order valence-electron chi connectivity index (χ1n) is 10.4. The Labute approximate surface area is 184 Å². The number of carbonyl (C=O) groups is 1. The molecular formula is C20H27N7OS2. The number of aromatic nitrogens is 5. The molecule has 0 radical (unpaired) electrons. The fraction of sp³-hybridized carbons (Fsp3) is 0.550. The van der Waals surface area contributed by atoms with E-state index in [0.29, 0.717) is 18.0 Å². The molecule has 0 spiro atoms. The highest BCUT2D eigenvalue weighted by Crippen LogP contribution is 2.29. The lowest BCUT2D eigenvalue weighted by atomic mass is 10.1. The number of hydrogen-bond acceptors (Lipinski definition) is 8. The Bertz CT molecular complexity index is 1040. The molecule has 1 saturated heterocycles. The zero-order chi connectivity index (χ0) is 21.1. The molecule has 1 fully saturated rings. The molecule has 10 heteroatoms. The van der Waals surface area contributed by atoms with Gasteiger partial charge in [0.1, 0.15) is 10.7 Å². The van der Waals surface area contributed by atoms with Crippen LogP contribution in [-0.4, -0.2) is 56.0 Å². The number of anilines is 1. The van der Waals surface area contributed by atoms with Crippen molar-refractivity contribution in [2.24, 2.45) is 0 Å². The third kappa shape index (κ3) is 4.44. The Hall–Kier alpha value is -2.20. The minimum absolute atomic E-state index is 0.0829. The van der Waals surface area contributed by atoms with Crippen molar-refractivity contribution < 1.29 is 4.79 Å². The molecule has 8 nitrogen and oxygen atoms in total. The van der Waals surface area contributed by atoms with E-state index in [0.717, 1.165) is 51.6 Å². The molecule has 4 rings (SSSR count). The minimum Gasteiger partial charge on any atom is -0.356 e. The van der Waals surface area contributed by atoms with E-state index in [1.165, 1.54) is 30.6 Å². The van der Waals surface area contributed by atoms with Crippen LogP contribution in [0.3, 0.4) is 0 Å². The minimum atomic E-state index is -0.0829. The summed E-state index contributed by atoms with van der Waals surface area (Å²) < 4.78 is 1.87. The van der Waals surface area contributed by atoms with Crippen LogP contribution in [0, 0.1) is 13.8 Å². The van der Waals surface area contributed by atoms with Crippen molar-refractivity contribution >= 4 is 45.9 Å². The predicted octanol–water partition coefficient (Wildman–Crippen LogP) is 3.43. The zero-order valence-electron chi connectivity index (χ0n) is 17.6. The first-order chi connectivity index (χ1) is 14.6. The first kappa shape index (κ1) is 21.0. The van der Waals surface area contributed by atoms with Crippen LogP contribution >= 0.6 is 23.1 Å². The van der Waals surface area contributed by atoms with E-state index in [1.54, 1.807) is 11.8 Å². The van der Waals surface area contributed by atoms with E-state index in [1.807, 2.05) is 24.7 Å². The molecule has 0 aliphatic carbocycles. The summed E-state index contributed by atoms with van der Waals surface area (Å²) in [5.74, 6) is 1.82. The highest BCUT2D eigenvalue weighted by atomic mass is 32.2. The maximum Gasteiger partial charge on any atom is 0.263 e. The lowest BCUT2D eigenvalue weighted by Gasteiger charge is -2.28. The summed E-state index contributed by atoms with van der Waals surface area (Å²) in [5, 5.41) is 10.2. The van der Waals surface area contributed by atoms with E-state index in [4.69, 9.17) is 9.97 Å². The van der Waals surface area contributed by atoms with Gasteiger partial charge in [-0.15, -0.1) is 11.3 Å². The average molecular weight is 446 g/mol. The van der Waals surface area contributed by atoms with Crippen LogP contribution in [0.25, 0.3) is 11.0 Å². The summed E-state index contributed by atoms with van der Waals surface area (Å²) in [6, 6.07) is 0. The Balaban J connectivity index is 1.53. The largest absolute Gasteiger partial charge is 0.356 e. The van der Waals surface area contributed by atoms with Crippen molar-refractivity contribution in [2.75, 3.05) is 30.3 Å². The molecule has 0 saturated carbocycles. The second kappa shape index (κ2) is 9.30. The number of thiazole rings is 1. The van der Waals surface area contributed by atoms with Gasteiger partial charge >= 0.3 is 0 Å². The van der Waals surface area contributed by atoms with Gasteiger partial charge in [-0.25, -0.2) is 19.6 Å². The number of nitrogens with one attached hydrogen (secondary N) is 1. The zero-order valence-corrected chi connectivity index (χ0v) is 19.3. The molecule has 1 aliphatic heterocycles. The number of thioether (sulfide) groups is 1. The number of hydrogen-bond donors (Lipinski definition) is 1. The van der Waals surface area contributed by atoms with Gasteiger partial charge in [0.2, 0.25) is 0 Å². The molecule has 30 heavy (non-hydrogen) atoms. The van der Waals surface area contributed by atoms with Gasteiger partial charge in [0, 0.05) is 19.6 Å². The fourth-order valence-corrected chi connectivity index (χ4v) is 5.12. The molecule has 0 bridgehead atoms. The Kier molecular flexibility index (Phi) is 6.52. The smallest absolute Gasteiger partial charge is 0.263 e. The number of amides is 1. The number of piperidine rings is 1. The maximum absolute atomic E-state index is 12.5. The van der Waals surface area contributed by atoms with E-state index in [2.05, 4.69) is 27.2 Å². The average Bonchev–Trinajstić information content (AvgIpc) is 3.30. The Morgan fingerprint density at radius 1 is 1.20 bits per heavy atom. The molecule has 1 N–H and O–H groups in total. The Morgan fingerprint density at radius 2 is 2.00 bits per heavy atom. The van der Waals surface area contributed by atoms with Gasteiger partial charge in [0.25, 0.3) is 5.91 Å². The standard InChI is InChI=1S/C20H27N7OS2/c1-4-29-20-24-17(26-9-6-5-7-10-26)15-12-22-27(18(15)25-20)11-8-21-19(28)16-13(2)23-14(3)30-16/h12H,4-11H2,1-3H3,(H,21,28). The summed E-state index contributed by atoms with van der Waals surface area (Å²) >= 11 is 3.07. The lowest BCUT2D eigenvalue weighted by Crippen LogP contribution is -2.30. The van der Waals surface area contributed by atoms with Gasteiger partial charge in [-0.2, -0.15) is 5.10 Å². The monoisotopic (exact) mass is 445 g/mol. The van der Waals surface area contributed by atoms with Crippen molar-refractivity contribution in [3.8, 4) is 0 Å². The van der Waals surface area contributed by atoms with Crippen LogP contribution in [-0.2, 0) is 6.54 Å². The van der Waals surface area contributed by atoms with Crippen LogP contribution in [0.5, 0.6) is 0 Å². The number of carbonyl (C=O) groups excluding carboxylic acids is 1. The van der Waals surface area contributed by atoms with Gasteiger partial charge < -0.3 is 10.2 Å². The van der Waals surface area contributed by atoms with Gasteiger partial charge in [0.05, 0.1) is 28.8 Å². The number of fused-ring (bicyclic) bond motifs is 1. The van der Waals surface area contributed by atoms with Crippen LogP contribution in [0.1, 0.15) is 46.6 Å². The van der Waals surface area contributed by atoms with E-state index in [9.17, 15) is 4.79 Å². The van der Waals surface area contributed by atoms with E-state index >= 15 is 0 Å². The first-order valence-corrected chi connectivity index (χ1v) is 12.2. The maximum atomic E-state index is 12.5. The summed E-state index contributed by atoms with van der Waals surface area (Å²) in [5.41, 5.74) is 1.61. The molecule has 1 aliphatic rings. The fourth-order valence-electron chi connectivity index (χ4n) is 3.72. The second-order valence-electron chi connectivity index (χ2n) is 7.32. The van der Waals surface area contributed by atoms with Crippen molar-refractivity contribution in [1.82, 2.24) is 30.0 Å². The van der Waals surface area contributed by atoms with Crippen LogP contribution in [0.2, 0.25) is 0 Å². The summed E-state index contributed by atoms with van der Waals surface area (Å²) in [6.07, 6.45) is 5.52. The summed E-state index contributed by atoms with van der Waals surface area (Å²) in [6.45, 7) is 8.97. The van der Waals surface area contributed by atoms with Gasteiger partial charge in [-0.05, 0) is 38.9 Å². The molecule has 3 aromatic heterocycles. The molecule has 0 atom stereocenters. The second-order valence-corrected chi connectivity index (χ2v) is 9.75. The molecule has 3 aromatic rings. The van der Waals surface area contributed by atoms with E-state index < -0.39 is 0 Å². The molecule has 0 aromatic carbocycles. The number of rotatable bonds is 7. The topological polar surface area (TPSA) is 88.8 Å².